The number of hydrogen-bond acceptors (Lipinski definition) is 2. The number of anilines is 1. The van der Waals surface area contributed by atoms with Crippen molar-refractivity contribution in [3.8, 4) is 11.5 Å². The van der Waals surface area contributed by atoms with Gasteiger partial charge in [0, 0.05) is 5.69 Å². The first kappa shape index (κ1) is 11.1. The molecular weight excluding hydrogens is 221 g/mol. The van der Waals surface area contributed by atoms with Crippen LogP contribution in [0.5, 0.6) is 11.5 Å². The number of carbonyl (C=O) groups excluding carboxylic acids is 1. The first-order valence-electron chi connectivity index (χ1n) is 5.01. The molecule has 2 rings (SSSR count). The molecule has 0 saturated heterocycles. The van der Waals surface area contributed by atoms with Gasteiger partial charge < -0.3 is 10.1 Å². The van der Waals surface area contributed by atoms with Crippen molar-refractivity contribution in [1.82, 2.24) is 0 Å². The molecular formula is C13H10FNO2. The lowest BCUT2D eigenvalue weighted by Crippen LogP contribution is -1.93. The number of hydrogen-bond donors (Lipinski definition) is 1. The van der Waals surface area contributed by atoms with Gasteiger partial charge in [-0.1, -0.05) is 0 Å². The summed E-state index contributed by atoms with van der Waals surface area (Å²) in [5, 5.41) is 2.52. The Morgan fingerprint density at radius 1 is 0.941 bits per heavy atom. The molecule has 0 bridgehead atoms. The highest BCUT2D eigenvalue weighted by Crippen LogP contribution is 2.22. The number of amides is 1. The monoisotopic (exact) mass is 231 g/mol. The van der Waals surface area contributed by atoms with Crippen LogP contribution in [0, 0.1) is 5.82 Å². The van der Waals surface area contributed by atoms with Crippen LogP contribution in [0.25, 0.3) is 0 Å². The fourth-order valence-corrected chi connectivity index (χ4v) is 1.33. The van der Waals surface area contributed by atoms with Crippen LogP contribution in [0.3, 0.4) is 0 Å². The topological polar surface area (TPSA) is 38.3 Å². The van der Waals surface area contributed by atoms with E-state index < -0.39 is 0 Å². The Labute approximate surface area is 97.8 Å². The van der Waals surface area contributed by atoms with E-state index in [1.807, 2.05) is 0 Å². The van der Waals surface area contributed by atoms with Crippen molar-refractivity contribution in [2.75, 3.05) is 5.32 Å². The molecule has 86 valence electrons. The molecule has 0 heterocycles. The summed E-state index contributed by atoms with van der Waals surface area (Å²) in [6, 6.07) is 12.6. The average Bonchev–Trinajstić information content (AvgIpc) is 2.35. The van der Waals surface area contributed by atoms with E-state index >= 15 is 0 Å². The van der Waals surface area contributed by atoms with Crippen molar-refractivity contribution in [1.29, 1.82) is 0 Å². The standard InChI is InChI=1S/C13H10FNO2/c14-10-1-5-12(6-2-10)17-13-7-3-11(4-8-13)15-9-16/h1-9H,(H,15,16). The number of benzene rings is 2. The van der Waals surface area contributed by atoms with Gasteiger partial charge in [-0.3, -0.25) is 4.79 Å². The zero-order valence-electron chi connectivity index (χ0n) is 8.89. The highest BCUT2D eigenvalue weighted by atomic mass is 19.1. The summed E-state index contributed by atoms with van der Waals surface area (Å²) < 4.78 is 18.1. The van der Waals surface area contributed by atoms with Crippen LogP contribution in [0.1, 0.15) is 0 Å². The van der Waals surface area contributed by atoms with Crippen LogP contribution in [0.15, 0.2) is 48.5 Å². The third-order valence-electron chi connectivity index (χ3n) is 2.13. The molecule has 0 aromatic heterocycles. The Morgan fingerprint density at radius 2 is 1.47 bits per heavy atom. The molecule has 1 amide bonds. The summed E-state index contributed by atoms with van der Waals surface area (Å²) in [5.41, 5.74) is 0.687. The molecule has 0 atom stereocenters. The number of nitrogens with one attached hydrogen (secondary N) is 1. The lowest BCUT2D eigenvalue weighted by atomic mass is 10.3. The summed E-state index contributed by atoms with van der Waals surface area (Å²) in [4.78, 5) is 10.2. The van der Waals surface area contributed by atoms with Gasteiger partial charge in [-0.25, -0.2) is 4.39 Å². The van der Waals surface area contributed by atoms with E-state index in [-0.39, 0.29) is 5.82 Å². The van der Waals surface area contributed by atoms with Gasteiger partial charge in [-0.2, -0.15) is 0 Å². The Kier molecular flexibility index (Phi) is 3.35. The summed E-state index contributed by atoms with van der Waals surface area (Å²) in [7, 11) is 0. The van der Waals surface area contributed by atoms with Gasteiger partial charge in [0.2, 0.25) is 6.41 Å². The molecule has 0 fully saturated rings. The molecule has 3 nitrogen and oxygen atoms in total. The molecule has 1 N–H and O–H groups in total. The lowest BCUT2D eigenvalue weighted by molar-refractivity contribution is -0.105. The second-order valence-electron chi connectivity index (χ2n) is 3.34. The maximum Gasteiger partial charge on any atom is 0.211 e. The largest absolute Gasteiger partial charge is 0.457 e. The molecule has 0 spiro atoms. The molecule has 2 aromatic carbocycles. The lowest BCUT2D eigenvalue weighted by Gasteiger charge is -2.06. The van der Waals surface area contributed by atoms with Gasteiger partial charge in [-0.15, -0.1) is 0 Å². The summed E-state index contributed by atoms with van der Waals surface area (Å²) in [5.74, 6) is 0.874. The van der Waals surface area contributed by atoms with E-state index in [1.165, 1.54) is 12.1 Å². The van der Waals surface area contributed by atoms with Gasteiger partial charge in [0.15, 0.2) is 0 Å². The molecule has 2 aromatic rings. The number of halogens is 1. The van der Waals surface area contributed by atoms with Crippen molar-refractivity contribution >= 4 is 12.1 Å². The van der Waals surface area contributed by atoms with E-state index in [4.69, 9.17) is 4.74 Å². The molecule has 0 aliphatic rings. The normalized spacial score (nSPS) is 9.71. The summed E-state index contributed by atoms with van der Waals surface area (Å²) >= 11 is 0. The van der Waals surface area contributed by atoms with Gasteiger partial charge in [0.25, 0.3) is 0 Å². The van der Waals surface area contributed by atoms with Crippen LogP contribution >= 0.6 is 0 Å². The van der Waals surface area contributed by atoms with Gasteiger partial charge >= 0.3 is 0 Å². The highest BCUT2D eigenvalue weighted by molar-refractivity contribution is 5.71. The fourth-order valence-electron chi connectivity index (χ4n) is 1.33. The molecule has 17 heavy (non-hydrogen) atoms. The van der Waals surface area contributed by atoms with E-state index in [0.717, 1.165) is 0 Å². The zero-order valence-corrected chi connectivity index (χ0v) is 8.89. The molecule has 0 aliphatic heterocycles. The Balaban J connectivity index is 2.08. The first-order chi connectivity index (χ1) is 8.28. The second kappa shape index (κ2) is 5.12. The first-order valence-corrected chi connectivity index (χ1v) is 5.01. The Bertz CT molecular complexity index is 494. The molecule has 0 aliphatic carbocycles. The SMILES string of the molecule is O=CNc1ccc(Oc2ccc(F)cc2)cc1. The maximum atomic E-state index is 12.7. The van der Waals surface area contributed by atoms with Crippen LogP contribution in [-0.4, -0.2) is 6.41 Å². The number of carbonyl (C=O) groups is 1. The quantitative estimate of drug-likeness (QED) is 0.820. The molecule has 0 saturated carbocycles. The predicted octanol–water partition coefficient (Wildman–Crippen LogP) is 3.19. The zero-order chi connectivity index (χ0) is 12.1. The van der Waals surface area contributed by atoms with Crippen molar-refractivity contribution < 1.29 is 13.9 Å². The van der Waals surface area contributed by atoms with Gasteiger partial charge in [0.1, 0.15) is 17.3 Å². The average molecular weight is 231 g/mol. The van der Waals surface area contributed by atoms with Gasteiger partial charge in [-0.05, 0) is 48.5 Å². The molecule has 0 radical (unpaired) electrons. The van der Waals surface area contributed by atoms with Crippen molar-refractivity contribution in [2.45, 2.75) is 0 Å². The summed E-state index contributed by atoms with van der Waals surface area (Å²) in [6.07, 6.45) is 0.607. The summed E-state index contributed by atoms with van der Waals surface area (Å²) in [6.45, 7) is 0. The number of ether oxygens (including phenoxy) is 1. The smallest absolute Gasteiger partial charge is 0.211 e. The predicted molar refractivity (Wildman–Crippen MR) is 62.6 cm³/mol. The van der Waals surface area contributed by atoms with Crippen LogP contribution in [0.4, 0.5) is 10.1 Å². The van der Waals surface area contributed by atoms with Crippen molar-refractivity contribution in [3.05, 3.63) is 54.3 Å². The fraction of sp³-hybridized carbons (Fsp3) is 0. The second-order valence-corrected chi connectivity index (χ2v) is 3.34. The van der Waals surface area contributed by atoms with Gasteiger partial charge in [0.05, 0.1) is 0 Å². The van der Waals surface area contributed by atoms with Crippen LogP contribution in [0.2, 0.25) is 0 Å². The third kappa shape index (κ3) is 3.04. The minimum atomic E-state index is -0.303. The number of rotatable bonds is 4. The Hall–Kier alpha value is -2.36. The van der Waals surface area contributed by atoms with Crippen molar-refractivity contribution in [3.63, 3.8) is 0 Å². The highest BCUT2D eigenvalue weighted by Gasteiger charge is 1.98. The van der Waals surface area contributed by atoms with E-state index in [1.54, 1.807) is 36.4 Å². The van der Waals surface area contributed by atoms with Crippen LogP contribution in [-0.2, 0) is 4.79 Å². The minimum absolute atomic E-state index is 0.303. The Morgan fingerprint density at radius 3 is 2.00 bits per heavy atom. The molecule has 4 heteroatoms. The maximum absolute atomic E-state index is 12.7. The van der Waals surface area contributed by atoms with Crippen molar-refractivity contribution in [2.24, 2.45) is 0 Å². The van der Waals surface area contributed by atoms with Crippen LogP contribution < -0.4 is 10.1 Å². The van der Waals surface area contributed by atoms with E-state index in [2.05, 4.69) is 5.32 Å². The third-order valence-corrected chi connectivity index (χ3v) is 2.13. The van der Waals surface area contributed by atoms with E-state index in [9.17, 15) is 9.18 Å². The van der Waals surface area contributed by atoms with E-state index in [0.29, 0.717) is 23.6 Å². The molecule has 0 unspecified atom stereocenters. The minimum Gasteiger partial charge on any atom is -0.457 e.